The normalized spacial score (nSPS) is 26.5. The molecule has 2 aliphatic heterocycles. The van der Waals surface area contributed by atoms with Crippen molar-refractivity contribution in [3.8, 4) is 0 Å². The van der Waals surface area contributed by atoms with Gasteiger partial charge in [-0.05, 0) is 63.2 Å². The van der Waals surface area contributed by atoms with E-state index in [0.29, 0.717) is 0 Å². The zero-order valence-corrected chi connectivity index (χ0v) is 30.1. The number of quaternary nitrogens is 2. The lowest BCUT2D eigenvalue weighted by Crippen LogP contribution is -2.50. The Hall–Kier alpha value is 0.0499. The van der Waals surface area contributed by atoms with Gasteiger partial charge in [-0.2, -0.15) is 0 Å². The second-order valence-electron chi connectivity index (χ2n) is 16.1. The standard InChI is InChI=1S/C38H80B2N2/c1-40-30-19-15-11-7-5-9-13-17-21-32-42(3)35-27-38(28-36-42)24-22-23-37-25-33-41(2,34-26-37)31-20-16-12-8-4-6-10-14-18-29-39/h37-38,40H,4-36,39H2,1-3H3/q+2. The minimum absolute atomic E-state index is 1.04. The highest BCUT2D eigenvalue weighted by atomic mass is 15.3. The number of unbranched alkanes of at least 4 members (excludes halogenated alkanes) is 16. The van der Waals surface area contributed by atoms with Crippen molar-refractivity contribution in [2.24, 2.45) is 11.8 Å². The fourth-order valence-corrected chi connectivity index (χ4v) is 8.35. The molecule has 0 aromatic carbocycles. The summed E-state index contributed by atoms with van der Waals surface area (Å²) < 4.78 is 2.76. The average molecular weight is 587 g/mol. The Kier molecular flexibility index (Phi) is 22.1. The molecule has 2 heterocycles. The molecule has 2 fully saturated rings. The van der Waals surface area contributed by atoms with Gasteiger partial charge in [0.25, 0.3) is 0 Å². The first-order valence-corrected chi connectivity index (χ1v) is 20.2. The van der Waals surface area contributed by atoms with Gasteiger partial charge in [-0.3, -0.25) is 0 Å². The monoisotopic (exact) mass is 587 g/mol. The lowest BCUT2D eigenvalue weighted by atomic mass is 9.76. The molecule has 0 saturated carbocycles. The van der Waals surface area contributed by atoms with E-state index in [0.717, 1.165) is 11.8 Å². The van der Waals surface area contributed by atoms with Gasteiger partial charge in [0.15, 0.2) is 0 Å². The van der Waals surface area contributed by atoms with Gasteiger partial charge < -0.3 is 8.97 Å². The smallest absolute Gasteiger partial charge is 0.117 e. The molecule has 0 atom stereocenters. The summed E-state index contributed by atoms with van der Waals surface area (Å²) in [5.74, 6) is 2.07. The molecule has 0 aliphatic carbocycles. The molecule has 0 amide bonds. The van der Waals surface area contributed by atoms with E-state index < -0.39 is 0 Å². The zero-order chi connectivity index (χ0) is 30.2. The van der Waals surface area contributed by atoms with Crippen molar-refractivity contribution in [3.05, 3.63) is 0 Å². The van der Waals surface area contributed by atoms with Crippen molar-refractivity contribution >= 4 is 15.1 Å². The highest BCUT2D eigenvalue weighted by Crippen LogP contribution is 2.31. The zero-order valence-electron chi connectivity index (χ0n) is 30.1. The van der Waals surface area contributed by atoms with Crippen LogP contribution in [0.2, 0.25) is 19.5 Å². The summed E-state index contributed by atoms with van der Waals surface area (Å²) in [4.78, 5) is 0. The largest absolute Gasteiger partial charge is 0.326 e. The maximum atomic E-state index is 2.57. The summed E-state index contributed by atoms with van der Waals surface area (Å²) in [6.45, 7) is 11.0. The van der Waals surface area contributed by atoms with Crippen LogP contribution in [0.3, 0.4) is 0 Å². The van der Waals surface area contributed by atoms with Crippen molar-refractivity contribution in [3.63, 3.8) is 0 Å². The second kappa shape index (κ2) is 24.3. The van der Waals surface area contributed by atoms with Gasteiger partial charge in [0.05, 0.1) is 53.4 Å². The van der Waals surface area contributed by atoms with Gasteiger partial charge in [0.2, 0.25) is 0 Å². The fourth-order valence-electron chi connectivity index (χ4n) is 8.35. The lowest BCUT2D eigenvalue weighted by molar-refractivity contribution is -0.915. The molecule has 42 heavy (non-hydrogen) atoms. The van der Waals surface area contributed by atoms with Crippen molar-refractivity contribution in [1.29, 1.82) is 0 Å². The number of hydrogen-bond acceptors (Lipinski definition) is 0. The van der Waals surface area contributed by atoms with Crippen molar-refractivity contribution in [2.75, 3.05) is 53.4 Å². The predicted octanol–water partition coefficient (Wildman–Crippen LogP) is 9.85. The molecule has 2 rings (SSSR count). The minimum Gasteiger partial charge on any atom is -0.326 e. The number of hydrogen-bond donors (Lipinski definition) is 0. The third kappa shape index (κ3) is 18.8. The lowest BCUT2D eigenvalue weighted by Gasteiger charge is -2.41. The summed E-state index contributed by atoms with van der Waals surface area (Å²) in [7, 11) is 8.82. The first kappa shape index (κ1) is 38.2. The Balaban J connectivity index is 1.40. The van der Waals surface area contributed by atoms with Crippen LogP contribution in [0, 0.1) is 11.8 Å². The molecule has 246 valence electrons. The molecule has 0 N–H and O–H groups in total. The van der Waals surface area contributed by atoms with Crippen LogP contribution < -0.4 is 0 Å². The second-order valence-corrected chi connectivity index (χ2v) is 16.1. The van der Waals surface area contributed by atoms with Crippen molar-refractivity contribution in [1.82, 2.24) is 0 Å². The van der Waals surface area contributed by atoms with E-state index in [-0.39, 0.29) is 0 Å². The number of piperidine rings is 2. The van der Waals surface area contributed by atoms with Gasteiger partial charge in [0, 0.05) is 0 Å². The van der Waals surface area contributed by atoms with E-state index >= 15 is 0 Å². The van der Waals surface area contributed by atoms with Crippen LogP contribution in [0.15, 0.2) is 0 Å². The highest BCUT2D eigenvalue weighted by Gasteiger charge is 2.31. The Morgan fingerprint density at radius 1 is 0.476 bits per heavy atom. The maximum absolute atomic E-state index is 2.57. The summed E-state index contributed by atoms with van der Waals surface area (Å²) in [5.41, 5.74) is 0. The summed E-state index contributed by atoms with van der Waals surface area (Å²) >= 11 is 0. The van der Waals surface area contributed by atoms with Gasteiger partial charge in [-0.15, -0.1) is 0 Å². The van der Waals surface area contributed by atoms with Gasteiger partial charge in [-0.1, -0.05) is 129 Å². The molecule has 0 spiro atoms. The third-order valence-corrected chi connectivity index (χ3v) is 11.9. The molecule has 0 aromatic rings. The SMILES string of the molecule is BCCCCCCCCCCC[N+]1(C)CCC(CCCC2CC[N+](C)(CCCCCCCCCCCBC)CC2)CC1. The molecule has 0 bridgehead atoms. The van der Waals surface area contributed by atoms with Crippen LogP contribution in [0.25, 0.3) is 0 Å². The summed E-state index contributed by atoms with van der Waals surface area (Å²) in [6, 6.07) is 0. The van der Waals surface area contributed by atoms with Crippen LogP contribution in [-0.4, -0.2) is 77.5 Å². The molecule has 4 heteroatoms. The van der Waals surface area contributed by atoms with Crippen molar-refractivity contribution in [2.45, 2.75) is 180 Å². The fraction of sp³-hybridized carbons (Fsp3) is 1.00. The molecular formula is C38H80B2N2+2. The molecule has 0 radical (unpaired) electrons. The third-order valence-electron chi connectivity index (χ3n) is 11.9. The Bertz CT molecular complexity index is 596. The summed E-state index contributed by atoms with van der Waals surface area (Å²) in [5, 5.41) is 0. The van der Waals surface area contributed by atoms with Gasteiger partial charge in [-0.25, -0.2) is 0 Å². The number of rotatable bonds is 27. The predicted molar refractivity (Wildman–Crippen MR) is 195 cm³/mol. The average Bonchev–Trinajstić information content (AvgIpc) is 2.99. The first-order chi connectivity index (χ1) is 20.5. The number of likely N-dealkylation sites (tertiary alicyclic amines) is 2. The van der Waals surface area contributed by atoms with Gasteiger partial charge >= 0.3 is 0 Å². The Morgan fingerprint density at radius 2 is 0.810 bits per heavy atom. The van der Waals surface area contributed by atoms with Crippen LogP contribution in [0.1, 0.15) is 161 Å². The van der Waals surface area contributed by atoms with Crippen LogP contribution in [-0.2, 0) is 0 Å². The maximum Gasteiger partial charge on any atom is 0.117 e. The van der Waals surface area contributed by atoms with Crippen LogP contribution in [0.4, 0.5) is 0 Å². The minimum atomic E-state index is 1.04. The van der Waals surface area contributed by atoms with E-state index in [1.807, 2.05) is 0 Å². The first-order valence-electron chi connectivity index (χ1n) is 20.2. The van der Waals surface area contributed by atoms with E-state index in [1.54, 1.807) is 0 Å². The van der Waals surface area contributed by atoms with E-state index in [9.17, 15) is 0 Å². The quantitative estimate of drug-likeness (QED) is 0.0511. The molecule has 0 aromatic heterocycles. The van der Waals surface area contributed by atoms with Crippen LogP contribution >= 0.6 is 0 Å². The van der Waals surface area contributed by atoms with E-state index in [2.05, 4.69) is 28.8 Å². The van der Waals surface area contributed by atoms with E-state index in [4.69, 9.17) is 0 Å². The molecular weight excluding hydrogens is 506 g/mol. The topological polar surface area (TPSA) is 0 Å². The van der Waals surface area contributed by atoms with E-state index in [1.165, 1.54) is 229 Å². The molecule has 2 aliphatic rings. The highest BCUT2D eigenvalue weighted by molar-refractivity contribution is 6.33. The Morgan fingerprint density at radius 3 is 1.17 bits per heavy atom. The molecule has 0 unspecified atom stereocenters. The Labute approximate surface area is 268 Å². The molecule has 2 saturated heterocycles. The molecule has 2 nitrogen and oxygen atoms in total. The summed E-state index contributed by atoms with van der Waals surface area (Å²) in [6.07, 6.45) is 40.0. The van der Waals surface area contributed by atoms with Crippen molar-refractivity contribution < 1.29 is 8.97 Å². The van der Waals surface area contributed by atoms with Gasteiger partial charge in [0.1, 0.15) is 15.1 Å². The van der Waals surface area contributed by atoms with Crippen LogP contribution in [0.5, 0.6) is 0 Å². The number of nitrogens with zero attached hydrogens (tertiary/aromatic N) is 2.